The summed E-state index contributed by atoms with van der Waals surface area (Å²) in [6.45, 7) is 5.81. The molecule has 0 bridgehead atoms. The Bertz CT molecular complexity index is 655. The molecule has 0 heterocycles. The van der Waals surface area contributed by atoms with Gasteiger partial charge in [0.25, 0.3) is 0 Å². The molecule has 0 aliphatic heterocycles. The smallest absolute Gasteiger partial charge is 0.201 e. The van der Waals surface area contributed by atoms with Crippen molar-refractivity contribution in [3.63, 3.8) is 0 Å². The summed E-state index contributed by atoms with van der Waals surface area (Å²) >= 11 is 0. The van der Waals surface area contributed by atoms with Crippen molar-refractivity contribution in [2.24, 2.45) is 34.5 Å². The molecule has 0 radical (unpaired) electrons. The average molecular weight is 364 g/mol. The van der Waals surface area contributed by atoms with Crippen molar-refractivity contribution in [3.8, 4) is 0 Å². The van der Waals surface area contributed by atoms with Crippen LogP contribution in [0.1, 0.15) is 59.3 Å². The van der Waals surface area contributed by atoms with E-state index in [1.807, 2.05) is 6.92 Å². The minimum absolute atomic E-state index is 0.00489. The van der Waals surface area contributed by atoms with Crippen LogP contribution in [0, 0.1) is 34.5 Å². The van der Waals surface area contributed by atoms with Gasteiger partial charge in [0.2, 0.25) is 5.79 Å². The third kappa shape index (κ3) is 2.09. The minimum atomic E-state index is -2.34. The van der Waals surface area contributed by atoms with Gasteiger partial charge in [0.05, 0.1) is 6.10 Å². The van der Waals surface area contributed by atoms with Gasteiger partial charge in [0, 0.05) is 11.3 Å². The number of hydrogen-bond acceptors (Lipinski definition) is 5. The molecule has 0 saturated heterocycles. The van der Waals surface area contributed by atoms with E-state index < -0.39 is 23.4 Å². The zero-order chi connectivity index (χ0) is 19.1. The van der Waals surface area contributed by atoms with Crippen LogP contribution in [0.25, 0.3) is 0 Å². The third-order valence-corrected chi connectivity index (χ3v) is 8.94. The molecule has 5 heteroatoms. The Kier molecular flexibility index (Phi) is 4.03. The second-order valence-corrected chi connectivity index (χ2v) is 9.77. The van der Waals surface area contributed by atoms with Crippen LogP contribution >= 0.6 is 0 Å². The van der Waals surface area contributed by atoms with Crippen molar-refractivity contribution in [2.75, 3.05) is 0 Å². The van der Waals surface area contributed by atoms with Crippen LogP contribution in [0.5, 0.6) is 0 Å². The largest absolute Gasteiger partial charge is 0.390 e. The zero-order valence-corrected chi connectivity index (χ0v) is 16.0. The van der Waals surface area contributed by atoms with Crippen LogP contribution in [0.4, 0.5) is 0 Å². The highest BCUT2D eigenvalue weighted by molar-refractivity contribution is 5.79. The highest BCUT2D eigenvalue weighted by Gasteiger charge is 2.67. The topological polar surface area (TPSA) is 98.0 Å². The van der Waals surface area contributed by atoms with E-state index in [9.17, 15) is 25.2 Å². The van der Waals surface area contributed by atoms with Gasteiger partial charge in [-0.05, 0) is 68.6 Å². The van der Waals surface area contributed by atoms with E-state index in [1.165, 1.54) is 0 Å². The predicted molar refractivity (Wildman–Crippen MR) is 95.8 cm³/mol. The Morgan fingerprint density at radius 3 is 2.46 bits per heavy atom. The van der Waals surface area contributed by atoms with Crippen LogP contribution in [0.15, 0.2) is 11.6 Å². The van der Waals surface area contributed by atoms with Gasteiger partial charge >= 0.3 is 0 Å². The number of allylic oxidation sites excluding steroid dienone is 1. The highest BCUT2D eigenvalue weighted by Crippen LogP contribution is 2.67. The van der Waals surface area contributed by atoms with Gasteiger partial charge in [-0.25, -0.2) is 0 Å². The van der Waals surface area contributed by atoms with Gasteiger partial charge in [0.15, 0.2) is 0 Å². The van der Waals surface area contributed by atoms with E-state index in [1.54, 1.807) is 6.92 Å². The normalized spacial score (nSPS) is 52.5. The Morgan fingerprint density at radius 2 is 1.81 bits per heavy atom. The number of ketones is 1. The molecule has 3 saturated carbocycles. The second kappa shape index (κ2) is 5.63. The fourth-order valence-corrected chi connectivity index (χ4v) is 7.45. The first kappa shape index (κ1) is 18.6. The summed E-state index contributed by atoms with van der Waals surface area (Å²) in [7, 11) is 0. The van der Waals surface area contributed by atoms with Gasteiger partial charge in [-0.1, -0.05) is 25.5 Å². The molecular weight excluding hydrogens is 332 g/mol. The maximum Gasteiger partial charge on any atom is 0.201 e. The molecular formula is C21H32O5. The summed E-state index contributed by atoms with van der Waals surface area (Å²) < 4.78 is 0. The quantitative estimate of drug-likeness (QED) is 0.420. The molecule has 8 atom stereocenters. The molecule has 4 rings (SSSR count). The summed E-state index contributed by atoms with van der Waals surface area (Å²) in [4.78, 5) is 12.2. The Morgan fingerprint density at radius 1 is 1.12 bits per heavy atom. The first-order valence-electron chi connectivity index (χ1n) is 10.1. The van der Waals surface area contributed by atoms with Crippen LogP contribution in [0.3, 0.4) is 0 Å². The molecule has 5 nitrogen and oxygen atoms in total. The van der Waals surface area contributed by atoms with Gasteiger partial charge in [-0.3, -0.25) is 4.79 Å². The lowest BCUT2D eigenvalue weighted by Crippen LogP contribution is -2.68. The fraction of sp³-hybridized carbons (Fsp3) is 0.857. The van der Waals surface area contributed by atoms with Gasteiger partial charge < -0.3 is 20.4 Å². The summed E-state index contributed by atoms with van der Waals surface area (Å²) in [5.74, 6) is -1.23. The lowest BCUT2D eigenvalue weighted by Gasteiger charge is -2.62. The van der Waals surface area contributed by atoms with E-state index in [2.05, 4.69) is 13.0 Å². The van der Waals surface area contributed by atoms with Crippen molar-refractivity contribution >= 4 is 5.78 Å². The summed E-state index contributed by atoms with van der Waals surface area (Å²) in [6, 6.07) is 0. The number of carbonyl (C=O) groups excluding carboxylic acids is 1. The Labute approximate surface area is 155 Å². The zero-order valence-electron chi connectivity index (χ0n) is 16.0. The van der Waals surface area contributed by atoms with E-state index in [-0.39, 0.29) is 29.0 Å². The van der Waals surface area contributed by atoms with E-state index >= 15 is 0 Å². The molecule has 146 valence electrons. The van der Waals surface area contributed by atoms with Gasteiger partial charge in [0.1, 0.15) is 11.9 Å². The lowest BCUT2D eigenvalue weighted by atomic mass is 9.45. The summed E-state index contributed by atoms with van der Waals surface area (Å²) in [5, 5.41) is 42.2. The highest BCUT2D eigenvalue weighted by atomic mass is 16.5. The third-order valence-electron chi connectivity index (χ3n) is 8.94. The molecule has 0 aromatic heterocycles. The number of aliphatic hydroxyl groups excluding tert-OH is 2. The SMILES string of the molecule is CC(=O)[C@H]1CCC2C3CC=C4C[C@H](O)C(O)C(O)(O)[C@]4(C)C3CC[C@@]21C. The molecule has 4 aliphatic rings. The van der Waals surface area contributed by atoms with E-state index in [0.717, 1.165) is 37.7 Å². The molecule has 4 unspecified atom stereocenters. The standard InChI is InChI=1S/C21H32O5/c1-11(22)14-6-7-15-13-5-4-12-10-17(23)18(24)21(25,26)20(12,3)16(13)8-9-19(14,15)2/h4,13-18,23-26H,5-10H2,1-3H3/t13?,14-,15?,16?,17+,18?,19-,20+/m1/s1. The van der Waals surface area contributed by atoms with E-state index in [4.69, 9.17) is 0 Å². The molecule has 4 N–H and O–H groups in total. The first-order valence-corrected chi connectivity index (χ1v) is 10.1. The second-order valence-electron chi connectivity index (χ2n) is 9.77. The Balaban J connectivity index is 1.75. The molecule has 0 aromatic carbocycles. The number of carbonyl (C=O) groups is 1. The molecule has 0 amide bonds. The van der Waals surface area contributed by atoms with Crippen LogP contribution in [0.2, 0.25) is 0 Å². The average Bonchev–Trinajstić information content (AvgIpc) is 2.92. The summed E-state index contributed by atoms with van der Waals surface area (Å²) in [6.07, 6.45) is 4.18. The number of aliphatic hydroxyl groups is 4. The van der Waals surface area contributed by atoms with Crippen molar-refractivity contribution in [1.82, 2.24) is 0 Å². The molecule has 26 heavy (non-hydrogen) atoms. The molecule has 3 fully saturated rings. The maximum atomic E-state index is 12.2. The van der Waals surface area contributed by atoms with Crippen LogP contribution in [-0.4, -0.2) is 44.2 Å². The lowest BCUT2D eigenvalue weighted by molar-refractivity contribution is -0.327. The van der Waals surface area contributed by atoms with Crippen molar-refractivity contribution in [1.29, 1.82) is 0 Å². The van der Waals surface area contributed by atoms with Crippen molar-refractivity contribution in [3.05, 3.63) is 11.6 Å². The predicted octanol–water partition coefficient (Wildman–Crippen LogP) is 1.78. The fourth-order valence-electron chi connectivity index (χ4n) is 7.45. The van der Waals surface area contributed by atoms with E-state index in [0.29, 0.717) is 12.3 Å². The van der Waals surface area contributed by atoms with Gasteiger partial charge in [-0.2, -0.15) is 0 Å². The summed E-state index contributed by atoms with van der Waals surface area (Å²) in [5.41, 5.74) is -0.0921. The number of fused-ring (bicyclic) bond motifs is 5. The Hall–Kier alpha value is -0.750. The number of rotatable bonds is 1. The minimum Gasteiger partial charge on any atom is -0.390 e. The van der Waals surface area contributed by atoms with Crippen LogP contribution in [-0.2, 0) is 4.79 Å². The number of hydrogen-bond donors (Lipinski definition) is 4. The molecule has 4 aliphatic carbocycles. The van der Waals surface area contributed by atoms with Crippen LogP contribution < -0.4 is 0 Å². The molecule has 0 aromatic rings. The van der Waals surface area contributed by atoms with Gasteiger partial charge in [-0.15, -0.1) is 0 Å². The number of Topliss-reactive ketones (excluding diaryl/α,β-unsaturated/α-hetero) is 1. The first-order chi connectivity index (χ1) is 12.0. The van der Waals surface area contributed by atoms with Crippen molar-refractivity contribution < 1.29 is 25.2 Å². The monoisotopic (exact) mass is 364 g/mol. The maximum absolute atomic E-state index is 12.2. The van der Waals surface area contributed by atoms with Crippen molar-refractivity contribution in [2.45, 2.75) is 77.3 Å². The molecule has 0 spiro atoms.